The van der Waals surface area contributed by atoms with Crippen LogP contribution in [0.4, 0.5) is 4.39 Å². The molecule has 118 valence electrons. The van der Waals surface area contributed by atoms with Crippen molar-refractivity contribution in [3.63, 3.8) is 0 Å². The molecule has 1 aromatic rings. The lowest BCUT2D eigenvalue weighted by molar-refractivity contribution is -0.122. The fraction of sp³-hybridized carbons (Fsp3) is 0.533. The zero-order valence-electron chi connectivity index (χ0n) is 11.8. The monoisotopic (exact) mass is 378 g/mol. The second kappa shape index (κ2) is 8.71. The van der Waals surface area contributed by atoms with Crippen LogP contribution >= 0.6 is 28.3 Å². The minimum atomic E-state index is -0.270. The first-order chi connectivity index (χ1) is 9.56. The van der Waals surface area contributed by atoms with E-state index in [1.54, 1.807) is 12.1 Å². The van der Waals surface area contributed by atoms with Crippen LogP contribution in [-0.2, 0) is 11.2 Å². The van der Waals surface area contributed by atoms with E-state index in [0.717, 1.165) is 24.8 Å². The summed E-state index contributed by atoms with van der Waals surface area (Å²) in [4.78, 5) is 11.8. The summed E-state index contributed by atoms with van der Waals surface area (Å²) in [7, 11) is 0. The molecule has 1 aliphatic carbocycles. The van der Waals surface area contributed by atoms with E-state index in [4.69, 9.17) is 5.73 Å². The Hall–Kier alpha value is -0.650. The lowest BCUT2D eigenvalue weighted by Gasteiger charge is -2.14. The molecule has 1 saturated carbocycles. The Morgan fingerprint density at radius 2 is 2.19 bits per heavy atom. The summed E-state index contributed by atoms with van der Waals surface area (Å²) in [6.07, 6.45) is 4.43. The third kappa shape index (κ3) is 5.57. The predicted octanol–water partition coefficient (Wildman–Crippen LogP) is 3.19. The van der Waals surface area contributed by atoms with Crippen LogP contribution in [0, 0.1) is 11.7 Å². The van der Waals surface area contributed by atoms with E-state index in [-0.39, 0.29) is 30.2 Å². The highest BCUT2D eigenvalue weighted by Gasteiger charge is 2.25. The normalized spacial score (nSPS) is 20.9. The fourth-order valence-corrected chi connectivity index (χ4v) is 3.10. The Morgan fingerprint density at radius 1 is 1.43 bits per heavy atom. The van der Waals surface area contributed by atoms with Crippen molar-refractivity contribution in [1.29, 1.82) is 0 Å². The van der Waals surface area contributed by atoms with Crippen molar-refractivity contribution in [3.05, 3.63) is 34.1 Å². The van der Waals surface area contributed by atoms with Gasteiger partial charge in [0.05, 0.1) is 4.47 Å². The molecule has 0 spiro atoms. The van der Waals surface area contributed by atoms with Crippen LogP contribution in [0.25, 0.3) is 0 Å². The van der Waals surface area contributed by atoms with Crippen LogP contribution in [0.1, 0.15) is 31.2 Å². The first-order valence-corrected chi connectivity index (χ1v) is 7.82. The number of nitrogens with two attached hydrogens (primary N) is 1. The van der Waals surface area contributed by atoms with Crippen molar-refractivity contribution >= 4 is 34.2 Å². The lowest BCUT2D eigenvalue weighted by Crippen LogP contribution is -2.32. The number of halogens is 3. The molecule has 2 atom stereocenters. The van der Waals surface area contributed by atoms with E-state index in [0.29, 0.717) is 29.8 Å². The number of benzene rings is 1. The number of rotatable bonds is 5. The van der Waals surface area contributed by atoms with Gasteiger partial charge in [0.15, 0.2) is 0 Å². The molecule has 0 bridgehead atoms. The Labute approximate surface area is 139 Å². The van der Waals surface area contributed by atoms with E-state index >= 15 is 0 Å². The largest absolute Gasteiger partial charge is 0.356 e. The molecule has 6 heteroatoms. The Balaban J connectivity index is 0.00000220. The van der Waals surface area contributed by atoms with Gasteiger partial charge >= 0.3 is 0 Å². The minimum absolute atomic E-state index is 0. The van der Waals surface area contributed by atoms with Crippen molar-refractivity contribution in [2.75, 3.05) is 6.54 Å². The lowest BCUT2D eigenvalue weighted by atomic mass is 10.00. The van der Waals surface area contributed by atoms with E-state index in [1.165, 1.54) is 6.07 Å². The van der Waals surface area contributed by atoms with Gasteiger partial charge < -0.3 is 11.1 Å². The molecule has 3 nitrogen and oxygen atoms in total. The molecule has 0 radical (unpaired) electrons. The molecule has 1 aliphatic rings. The maximum absolute atomic E-state index is 13.1. The zero-order valence-corrected chi connectivity index (χ0v) is 14.2. The number of carbonyl (C=O) groups is 1. The molecule has 1 amide bonds. The van der Waals surface area contributed by atoms with Gasteiger partial charge in [-0.2, -0.15) is 0 Å². The first kappa shape index (κ1) is 18.4. The van der Waals surface area contributed by atoms with Gasteiger partial charge in [0.25, 0.3) is 0 Å². The second-order valence-corrected chi connectivity index (χ2v) is 6.26. The minimum Gasteiger partial charge on any atom is -0.356 e. The number of nitrogens with one attached hydrogen (secondary N) is 1. The molecule has 0 saturated heterocycles. The number of hydrogen-bond donors (Lipinski definition) is 2. The van der Waals surface area contributed by atoms with Crippen LogP contribution in [0.15, 0.2) is 22.7 Å². The van der Waals surface area contributed by atoms with Crippen LogP contribution < -0.4 is 11.1 Å². The van der Waals surface area contributed by atoms with Crippen LogP contribution in [-0.4, -0.2) is 18.5 Å². The van der Waals surface area contributed by atoms with E-state index in [1.807, 2.05) is 0 Å². The quantitative estimate of drug-likeness (QED) is 0.825. The molecular formula is C15H21BrClFN2O. The van der Waals surface area contributed by atoms with Gasteiger partial charge in [0.2, 0.25) is 5.91 Å². The fourth-order valence-electron chi connectivity index (χ4n) is 2.67. The summed E-state index contributed by atoms with van der Waals surface area (Å²) >= 11 is 3.16. The molecule has 0 aliphatic heterocycles. The van der Waals surface area contributed by atoms with E-state index in [9.17, 15) is 9.18 Å². The number of hydrogen-bond acceptors (Lipinski definition) is 2. The maximum Gasteiger partial charge on any atom is 0.220 e. The van der Waals surface area contributed by atoms with Gasteiger partial charge in [-0.3, -0.25) is 4.79 Å². The third-order valence-electron chi connectivity index (χ3n) is 3.89. The average Bonchev–Trinajstić information content (AvgIpc) is 2.79. The van der Waals surface area contributed by atoms with Gasteiger partial charge in [0.1, 0.15) is 5.82 Å². The van der Waals surface area contributed by atoms with Crippen molar-refractivity contribution in [3.8, 4) is 0 Å². The van der Waals surface area contributed by atoms with Crippen molar-refractivity contribution < 1.29 is 9.18 Å². The molecule has 0 unspecified atom stereocenters. The van der Waals surface area contributed by atoms with Crippen LogP contribution in [0.3, 0.4) is 0 Å². The molecule has 1 aromatic carbocycles. The smallest absolute Gasteiger partial charge is 0.220 e. The summed E-state index contributed by atoms with van der Waals surface area (Å²) in [5.41, 5.74) is 6.95. The molecule has 1 fully saturated rings. The SMILES string of the molecule is Cl.N[C@@H]1CCC[C@H]1CC(=O)NCCc1ccc(F)c(Br)c1. The summed E-state index contributed by atoms with van der Waals surface area (Å²) in [6.45, 7) is 0.568. The summed E-state index contributed by atoms with van der Waals surface area (Å²) in [6, 6.07) is 5.08. The first-order valence-electron chi connectivity index (χ1n) is 7.02. The van der Waals surface area contributed by atoms with Crippen molar-refractivity contribution in [2.45, 2.75) is 38.1 Å². The number of amides is 1. The van der Waals surface area contributed by atoms with Gasteiger partial charge in [-0.1, -0.05) is 12.5 Å². The molecule has 0 heterocycles. The van der Waals surface area contributed by atoms with Crippen molar-refractivity contribution in [1.82, 2.24) is 5.32 Å². The van der Waals surface area contributed by atoms with Crippen LogP contribution in [0.2, 0.25) is 0 Å². The summed E-state index contributed by atoms with van der Waals surface area (Å²) < 4.78 is 13.5. The summed E-state index contributed by atoms with van der Waals surface area (Å²) in [5.74, 6) is 0.122. The topological polar surface area (TPSA) is 55.1 Å². The predicted molar refractivity (Wildman–Crippen MR) is 88.0 cm³/mol. The Kier molecular flexibility index (Phi) is 7.63. The second-order valence-electron chi connectivity index (χ2n) is 5.41. The van der Waals surface area contributed by atoms with Gasteiger partial charge in [-0.05, 0) is 58.8 Å². The Bertz CT molecular complexity index is 487. The highest BCUT2D eigenvalue weighted by molar-refractivity contribution is 9.10. The molecule has 2 rings (SSSR count). The summed E-state index contributed by atoms with van der Waals surface area (Å²) in [5, 5.41) is 2.91. The molecule has 3 N–H and O–H groups in total. The van der Waals surface area contributed by atoms with Gasteiger partial charge in [-0.25, -0.2) is 4.39 Å². The maximum atomic E-state index is 13.1. The standard InChI is InChI=1S/C15H20BrFN2O.ClH/c16-12-8-10(4-5-13(12)17)6-7-19-15(20)9-11-2-1-3-14(11)18;/h4-5,8,11,14H,1-3,6-7,9,18H2,(H,19,20);1H/t11-,14+;/m0./s1. The van der Waals surface area contributed by atoms with E-state index in [2.05, 4.69) is 21.2 Å². The van der Waals surface area contributed by atoms with Gasteiger partial charge in [0, 0.05) is 19.0 Å². The third-order valence-corrected chi connectivity index (χ3v) is 4.49. The molecular weight excluding hydrogens is 359 g/mol. The average molecular weight is 380 g/mol. The highest BCUT2D eigenvalue weighted by Crippen LogP contribution is 2.26. The highest BCUT2D eigenvalue weighted by atomic mass is 79.9. The molecule has 21 heavy (non-hydrogen) atoms. The Morgan fingerprint density at radius 3 is 2.81 bits per heavy atom. The zero-order chi connectivity index (χ0) is 14.5. The van der Waals surface area contributed by atoms with Gasteiger partial charge in [-0.15, -0.1) is 12.4 Å². The van der Waals surface area contributed by atoms with E-state index < -0.39 is 0 Å². The van der Waals surface area contributed by atoms with Crippen molar-refractivity contribution in [2.24, 2.45) is 11.7 Å². The van der Waals surface area contributed by atoms with Crippen LogP contribution in [0.5, 0.6) is 0 Å². The molecule has 0 aromatic heterocycles. The number of carbonyl (C=O) groups excluding carboxylic acids is 1.